The summed E-state index contributed by atoms with van der Waals surface area (Å²) < 4.78 is 6.18. The zero-order valence-corrected chi connectivity index (χ0v) is 36.2. The van der Waals surface area contributed by atoms with Crippen LogP contribution in [-0.4, -0.2) is 82.4 Å². The number of carbonyl (C=O) groups is 3. The SMILES string of the molecule is CC(C)C1=C2C3CCC4C(C)(CCC5C(C)(C)C(OC(=O)CC(C)(C)C(=O)O)CCC54C)C3CCC2(CCN(CCN(C)C)Cc2ncc(Cl)cn2)CC1=O. The summed E-state index contributed by atoms with van der Waals surface area (Å²) in [6.45, 7) is 20.8. The van der Waals surface area contributed by atoms with Crippen molar-refractivity contribution in [1.29, 1.82) is 0 Å². The van der Waals surface area contributed by atoms with Crippen molar-refractivity contribution < 1.29 is 24.2 Å². The van der Waals surface area contributed by atoms with Crippen LogP contribution in [0.25, 0.3) is 0 Å². The summed E-state index contributed by atoms with van der Waals surface area (Å²) in [4.78, 5) is 52.8. The zero-order valence-electron chi connectivity index (χ0n) is 35.5. The van der Waals surface area contributed by atoms with Gasteiger partial charge < -0.3 is 14.7 Å². The third kappa shape index (κ3) is 7.81. The summed E-state index contributed by atoms with van der Waals surface area (Å²) in [5, 5.41) is 10.2. The predicted molar refractivity (Wildman–Crippen MR) is 216 cm³/mol. The molecule has 0 spiro atoms. The maximum absolute atomic E-state index is 14.2. The molecule has 1 aromatic rings. The Morgan fingerprint density at radius 2 is 1.62 bits per heavy atom. The van der Waals surface area contributed by atoms with Crippen LogP contribution < -0.4 is 0 Å². The summed E-state index contributed by atoms with van der Waals surface area (Å²) in [5.74, 6) is 1.96. The Bertz CT molecular complexity index is 1660. The number of carboxylic acid groups (broad SMARTS) is 1. The second kappa shape index (κ2) is 15.4. The third-order valence-corrected chi connectivity index (χ3v) is 16.1. The number of allylic oxidation sites excluding steroid dienone is 2. The highest BCUT2D eigenvalue weighted by Crippen LogP contribution is 2.73. The molecule has 306 valence electrons. The number of hydrogen-bond donors (Lipinski definition) is 1. The van der Waals surface area contributed by atoms with E-state index in [2.05, 4.69) is 75.4 Å². The molecule has 8 atom stereocenters. The summed E-state index contributed by atoms with van der Waals surface area (Å²) in [6.07, 6.45) is 13.3. The van der Waals surface area contributed by atoms with Gasteiger partial charge in [-0.05, 0) is 138 Å². The van der Waals surface area contributed by atoms with E-state index in [0.29, 0.717) is 47.4 Å². The van der Waals surface area contributed by atoms with E-state index in [9.17, 15) is 19.5 Å². The van der Waals surface area contributed by atoms with Crippen LogP contribution in [0.15, 0.2) is 23.5 Å². The van der Waals surface area contributed by atoms with Gasteiger partial charge in [0.1, 0.15) is 11.9 Å². The van der Waals surface area contributed by atoms with Crippen LogP contribution in [0, 0.1) is 56.7 Å². The zero-order chi connectivity index (χ0) is 40.3. The maximum atomic E-state index is 14.2. The number of aliphatic carboxylic acids is 1. The molecule has 0 radical (unpaired) electrons. The molecule has 0 aliphatic heterocycles. The van der Waals surface area contributed by atoms with Gasteiger partial charge in [0.05, 0.1) is 23.4 Å². The smallest absolute Gasteiger partial charge is 0.309 e. The molecule has 6 rings (SSSR count). The lowest BCUT2D eigenvalue weighted by atomic mass is 9.36. The van der Waals surface area contributed by atoms with Gasteiger partial charge in [0.25, 0.3) is 0 Å². The van der Waals surface area contributed by atoms with Crippen LogP contribution in [0.2, 0.25) is 5.02 Å². The Morgan fingerprint density at radius 1 is 0.945 bits per heavy atom. The van der Waals surface area contributed by atoms with Crippen LogP contribution in [0.1, 0.15) is 132 Å². The van der Waals surface area contributed by atoms with Gasteiger partial charge in [0.2, 0.25) is 0 Å². The molecular formula is C45H69ClN4O5. The molecule has 1 N–H and O–H groups in total. The van der Waals surface area contributed by atoms with Crippen LogP contribution >= 0.6 is 11.6 Å². The number of Topliss-reactive ketones (excluding diaryl/α,β-unsaturated/α-hetero) is 1. The van der Waals surface area contributed by atoms with Gasteiger partial charge in [-0.2, -0.15) is 0 Å². The quantitative estimate of drug-likeness (QED) is 0.196. The van der Waals surface area contributed by atoms with Gasteiger partial charge in [-0.1, -0.05) is 58.7 Å². The van der Waals surface area contributed by atoms with E-state index in [4.69, 9.17) is 16.3 Å². The Balaban J connectivity index is 1.23. The lowest BCUT2D eigenvalue weighted by molar-refractivity contribution is -0.214. The number of carbonyl (C=O) groups excluding carboxylic acids is 2. The molecule has 4 saturated carbocycles. The highest BCUT2D eigenvalue weighted by molar-refractivity contribution is 6.30. The summed E-state index contributed by atoms with van der Waals surface area (Å²) in [6, 6.07) is 0. The van der Waals surface area contributed by atoms with E-state index in [1.807, 2.05) is 0 Å². The summed E-state index contributed by atoms with van der Waals surface area (Å²) >= 11 is 6.12. The molecule has 0 saturated heterocycles. The van der Waals surface area contributed by atoms with Crippen molar-refractivity contribution in [2.24, 2.45) is 56.7 Å². The molecule has 9 nitrogen and oxygen atoms in total. The van der Waals surface area contributed by atoms with Gasteiger partial charge in [-0.3, -0.25) is 19.3 Å². The van der Waals surface area contributed by atoms with Crippen LogP contribution in [0.5, 0.6) is 0 Å². The first-order chi connectivity index (χ1) is 25.6. The van der Waals surface area contributed by atoms with Crippen molar-refractivity contribution in [2.75, 3.05) is 33.7 Å². The normalized spacial score (nSPS) is 34.4. The summed E-state index contributed by atoms with van der Waals surface area (Å²) in [5.41, 5.74) is 1.53. The molecule has 0 amide bonds. The number of halogens is 1. The molecule has 55 heavy (non-hydrogen) atoms. The molecule has 0 bridgehead atoms. The average Bonchev–Trinajstić information content (AvgIpc) is 3.40. The highest BCUT2D eigenvalue weighted by Gasteiger charge is 2.66. The molecule has 8 unspecified atom stereocenters. The topological polar surface area (TPSA) is 113 Å². The van der Waals surface area contributed by atoms with Gasteiger partial charge in [-0.25, -0.2) is 9.97 Å². The molecular weight excluding hydrogens is 712 g/mol. The number of rotatable bonds is 13. The van der Waals surface area contributed by atoms with E-state index in [-0.39, 0.29) is 40.1 Å². The van der Waals surface area contributed by atoms with Gasteiger partial charge in [-0.15, -0.1) is 0 Å². The second-order valence-corrected chi connectivity index (χ2v) is 21.1. The Labute approximate surface area is 335 Å². The minimum Gasteiger partial charge on any atom is -0.481 e. The lowest BCUT2D eigenvalue weighted by Crippen LogP contribution is -2.63. The number of fused-ring (bicyclic) bond motifs is 7. The average molecular weight is 782 g/mol. The number of nitrogens with zero attached hydrogens (tertiary/aromatic N) is 4. The fourth-order valence-corrected chi connectivity index (χ4v) is 13.3. The lowest BCUT2D eigenvalue weighted by Gasteiger charge is -2.69. The number of ketones is 1. The number of likely N-dealkylation sites (N-methyl/N-ethyl adjacent to an activating group) is 1. The number of hydrogen-bond acceptors (Lipinski definition) is 8. The minimum absolute atomic E-state index is 0.0848. The van der Waals surface area contributed by atoms with Crippen LogP contribution in [-0.2, 0) is 25.7 Å². The fraction of sp³-hybridized carbons (Fsp3) is 0.800. The van der Waals surface area contributed by atoms with E-state index in [0.717, 1.165) is 76.0 Å². The predicted octanol–water partition coefficient (Wildman–Crippen LogP) is 8.89. The van der Waals surface area contributed by atoms with E-state index in [1.165, 1.54) is 18.4 Å². The molecule has 0 aromatic carbocycles. The Morgan fingerprint density at radius 3 is 2.25 bits per heavy atom. The second-order valence-electron chi connectivity index (χ2n) is 20.7. The van der Waals surface area contributed by atoms with Crippen LogP contribution in [0.3, 0.4) is 0 Å². The fourth-order valence-electron chi connectivity index (χ4n) is 13.2. The standard InChI is InChI=1S/C45H69ClN4O5/c1-28(2)38-32(51)23-45(19-20-50(22-21-49(9)10)27-36-47-25-29(46)26-48-36)18-13-31-30(39(38)45)11-12-34-43(31,7)16-14-33-42(5,6)35(15-17-44(33,34)8)55-37(52)24-41(3,4)40(53)54/h25-26,28,30-31,33-35H,11-24,27H2,1-10H3,(H,53,54). The van der Waals surface area contributed by atoms with Crippen molar-refractivity contribution in [3.63, 3.8) is 0 Å². The first-order valence-electron chi connectivity index (χ1n) is 21.2. The summed E-state index contributed by atoms with van der Waals surface area (Å²) in [7, 11) is 4.22. The largest absolute Gasteiger partial charge is 0.481 e. The number of aromatic nitrogens is 2. The monoisotopic (exact) mass is 780 g/mol. The van der Waals surface area contributed by atoms with Gasteiger partial charge in [0, 0.05) is 42.7 Å². The van der Waals surface area contributed by atoms with E-state index in [1.54, 1.807) is 26.2 Å². The maximum Gasteiger partial charge on any atom is 0.309 e. The van der Waals surface area contributed by atoms with Crippen molar-refractivity contribution in [3.05, 3.63) is 34.4 Å². The van der Waals surface area contributed by atoms with E-state index >= 15 is 0 Å². The first-order valence-corrected chi connectivity index (χ1v) is 21.6. The molecule has 1 aromatic heterocycles. The third-order valence-electron chi connectivity index (χ3n) is 15.9. The molecule has 10 heteroatoms. The Kier molecular flexibility index (Phi) is 11.9. The molecule has 5 aliphatic rings. The van der Waals surface area contributed by atoms with Crippen molar-refractivity contribution in [2.45, 2.75) is 139 Å². The first kappa shape index (κ1) is 42.3. The number of esters is 1. The van der Waals surface area contributed by atoms with Gasteiger partial charge in [0.15, 0.2) is 5.78 Å². The highest BCUT2D eigenvalue weighted by atomic mass is 35.5. The number of carboxylic acids is 1. The minimum atomic E-state index is -1.15. The number of ether oxygens (including phenoxy) is 1. The molecule has 1 heterocycles. The molecule has 4 fully saturated rings. The van der Waals surface area contributed by atoms with E-state index < -0.39 is 17.4 Å². The van der Waals surface area contributed by atoms with Crippen molar-refractivity contribution >= 4 is 29.3 Å². The molecule has 5 aliphatic carbocycles. The van der Waals surface area contributed by atoms with Gasteiger partial charge >= 0.3 is 11.9 Å². The van der Waals surface area contributed by atoms with Crippen LogP contribution in [0.4, 0.5) is 0 Å². The Hall–Kier alpha value is -2.36. The van der Waals surface area contributed by atoms with Crippen molar-refractivity contribution in [1.82, 2.24) is 19.8 Å². The van der Waals surface area contributed by atoms with Crippen molar-refractivity contribution in [3.8, 4) is 0 Å².